The van der Waals surface area contributed by atoms with Crippen LogP contribution in [0.1, 0.15) is 19.4 Å². The van der Waals surface area contributed by atoms with Gasteiger partial charge in [-0.1, -0.05) is 37.3 Å². The summed E-state index contributed by atoms with van der Waals surface area (Å²) in [7, 11) is 1.74. The molecular weight excluding hydrogens is 340 g/mol. The van der Waals surface area contributed by atoms with Crippen molar-refractivity contribution in [3.63, 3.8) is 0 Å². The van der Waals surface area contributed by atoms with Crippen molar-refractivity contribution in [2.75, 3.05) is 18.6 Å². The maximum Gasteiger partial charge on any atom is 0.264 e. The minimum atomic E-state index is -0.167. The van der Waals surface area contributed by atoms with Gasteiger partial charge in [0.25, 0.3) is 11.5 Å². The van der Waals surface area contributed by atoms with Crippen LogP contribution in [-0.4, -0.2) is 24.1 Å². The van der Waals surface area contributed by atoms with Crippen LogP contribution in [0.5, 0.6) is 5.75 Å². The fourth-order valence-corrected chi connectivity index (χ4v) is 3.26. The van der Waals surface area contributed by atoms with Crippen LogP contribution in [0.4, 0.5) is 5.69 Å². The summed E-state index contributed by atoms with van der Waals surface area (Å²) in [5.74, 6) is 0.269. The maximum atomic E-state index is 12.6. The van der Waals surface area contributed by atoms with E-state index in [0.29, 0.717) is 12.3 Å². The molecule has 2 aromatic carbocycles. The molecule has 0 N–H and O–H groups in total. The number of aromatic nitrogens is 1. The average Bonchev–Trinajstić information content (AvgIpc) is 2.71. The van der Waals surface area contributed by atoms with E-state index in [4.69, 9.17) is 4.74 Å². The molecule has 0 fully saturated rings. The van der Waals surface area contributed by atoms with Gasteiger partial charge in [-0.3, -0.25) is 9.59 Å². The number of carbonyl (C=O) groups excluding carboxylic acids is 1. The number of fused-ring (bicyclic) bond motifs is 1. The lowest BCUT2D eigenvalue weighted by Crippen LogP contribution is -2.32. The summed E-state index contributed by atoms with van der Waals surface area (Å²) in [4.78, 5) is 26.6. The molecule has 140 valence electrons. The number of hydrogen-bond acceptors (Lipinski definition) is 3. The maximum absolute atomic E-state index is 12.6. The Morgan fingerprint density at radius 1 is 1.07 bits per heavy atom. The van der Waals surface area contributed by atoms with E-state index in [-0.39, 0.29) is 18.1 Å². The predicted octanol–water partition coefficient (Wildman–Crippen LogP) is 3.63. The molecule has 5 heteroatoms. The SMILES string of the molecule is CCc1ccccc1N(C)C(=O)COc1cc(=O)n(CC)c2ccccc12. The third kappa shape index (κ3) is 3.72. The zero-order chi connectivity index (χ0) is 19.4. The minimum Gasteiger partial charge on any atom is -0.483 e. The van der Waals surface area contributed by atoms with Gasteiger partial charge in [0.2, 0.25) is 0 Å². The van der Waals surface area contributed by atoms with Gasteiger partial charge in [0.15, 0.2) is 6.61 Å². The van der Waals surface area contributed by atoms with Crippen molar-refractivity contribution >= 4 is 22.5 Å². The molecule has 3 rings (SSSR count). The van der Waals surface area contributed by atoms with Crippen molar-refractivity contribution in [2.45, 2.75) is 26.8 Å². The zero-order valence-electron chi connectivity index (χ0n) is 15.9. The third-order valence-corrected chi connectivity index (χ3v) is 4.76. The van der Waals surface area contributed by atoms with Crippen LogP contribution in [0.25, 0.3) is 10.9 Å². The number of hydrogen-bond donors (Lipinski definition) is 0. The highest BCUT2D eigenvalue weighted by atomic mass is 16.5. The van der Waals surface area contributed by atoms with Crippen molar-refractivity contribution in [2.24, 2.45) is 0 Å². The second kappa shape index (κ2) is 8.08. The van der Waals surface area contributed by atoms with Gasteiger partial charge in [-0.05, 0) is 37.1 Å². The first kappa shape index (κ1) is 18.7. The molecule has 0 atom stereocenters. The smallest absolute Gasteiger partial charge is 0.264 e. The van der Waals surface area contributed by atoms with Crippen molar-refractivity contribution in [1.29, 1.82) is 0 Å². The molecule has 1 aromatic heterocycles. The summed E-state index contributed by atoms with van der Waals surface area (Å²) in [6.07, 6.45) is 0.842. The minimum absolute atomic E-state index is 0.131. The van der Waals surface area contributed by atoms with Crippen LogP contribution in [0.2, 0.25) is 0 Å². The van der Waals surface area contributed by atoms with Crippen molar-refractivity contribution in [1.82, 2.24) is 4.57 Å². The predicted molar refractivity (Wildman–Crippen MR) is 109 cm³/mol. The average molecular weight is 364 g/mol. The fourth-order valence-electron chi connectivity index (χ4n) is 3.26. The Balaban J connectivity index is 1.85. The molecule has 5 nitrogen and oxygen atoms in total. The number of aryl methyl sites for hydroxylation is 2. The van der Waals surface area contributed by atoms with Gasteiger partial charge < -0.3 is 14.2 Å². The van der Waals surface area contributed by atoms with E-state index >= 15 is 0 Å². The number of rotatable bonds is 6. The number of nitrogens with zero attached hydrogens (tertiary/aromatic N) is 2. The monoisotopic (exact) mass is 364 g/mol. The molecule has 0 spiro atoms. The summed E-state index contributed by atoms with van der Waals surface area (Å²) < 4.78 is 7.46. The highest BCUT2D eigenvalue weighted by molar-refractivity contribution is 5.95. The quantitative estimate of drug-likeness (QED) is 0.671. The summed E-state index contributed by atoms with van der Waals surface area (Å²) in [6.45, 7) is 4.43. The number of likely N-dealkylation sites (N-methyl/N-ethyl adjacent to an activating group) is 1. The molecule has 0 radical (unpaired) electrons. The van der Waals surface area contributed by atoms with Gasteiger partial charge >= 0.3 is 0 Å². The molecule has 1 amide bonds. The Labute approximate surface area is 158 Å². The van der Waals surface area contributed by atoms with Crippen molar-refractivity contribution in [3.8, 4) is 5.75 Å². The summed E-state index contributed by atoms with van der Waals surface area (Å²) in [5, 5.41) is 0.823. The van der Waals surface area contributed by atoms with Gasteiger partial charge in [0, 0.05) is 30.7 Å². The lowest BCUT2D eigenvalue weighted by Gasteiger charge is -2.21. The largest absolute Gasteiger partial charge is 0.483 e. The van der Waals surface area contributed by atoms with Gasteiger partial charge in [0.05, 0.1) is 5.52 Å². The Hall–Kier alpha value is -3.08. The molecule has 0 aliphatic carbocycles. The van der Waals surface area contributed by atoms with E-state index in [9.17, 15) is 9.59 Å². The number of amides is 1. The number of ether oxygens (including phenoxy) is 1. The molecule has 3 aromatic rings. The highest BCUT2D eigenvalue weighted by Gasteiger charge is 2.16. The Morgan fingerprint density at radius 2 is 1.78 bits per heavy atom. The van der Waals surface area contributed by atoms with Gasteiger partial charge in [-0.25, -0.2) is 0 Å². The van der Waals surface area contributed by atoms with E-state index in [1.807, 2.05) is 55.5 Å². The first-order chi connectivity index (χ1) is 13.1. The molecule has 0 aliphatic heterocycles. The first-order valence-corrected chi connectivity index (χ1v) is 9.16. The Morgan fingerprint density at radius 3 is 2.52 bits per heavy atom. The molecule has 0 saturated carbocycles. The van der Waals surface area contributed by atoms with Crippen molar-refractivity contribution in [3.05, 3.63) is 70.5 Å². The molecule has 0 bridgehead atoms. The summed E-state index contributed by atoms with van der Waals surface area (Å²) in [5.41, 5.74) is 2.65. The van der Waals surface area contributed by atoms with E-state index < -0.39 is 0 Å². The molecule has 27 heavy (non-hydrogen) atoms. The van der Waals surface area contributed by atoms with Gasteiger partial charge in [0.1, 0.15) is 5.75 Å². The Kier molecular flexibility index (Phi) is 5.60. The number of benzene rings is 2. The zero-order valence-corrected chi connectivity index (χ0v) is 15.9. The second-order valence-electron chi connectivity index (χ2n) is 6.33. The first-order valence-electron chi connectivity index (χ1n) is 9.16. The lowest BCUT2D eigenvalue weighted by molar-refractivity contribution is -0.120. The fraction of sp³-hybridized carbons (Fsp3) is 0.273. The van der Waals surface area contributed by atoms with E-state index in [1.54, 1.807) is 16.5 Å². The van der Waals surface area contributed by atoms with Gasteiger partial charge in [-0.2, -0.15) is 0 Å². The van der Waals surface area contributed by atoms with Crippen LogP contribution < -0.4 is 15.2 Å². The molecule has 0 saturated heterocycles. The van der Waals surface area contributed by atoms with E-state index in [1.165, 1.54) is 6.07 Å². The molecular formula is C22H24N2O3. The van der Waals surface area contributed by atoms with E-state index in [2.05, 4.69) is 6.92 Å². The highest BCUT2D eigenvalue weighted by Crippen LogP contribution is 2.24. The van der Waals surface area contributed by atoms with Crippen LogP contribution in [0.15, 0.2) is 59.4 Å². The number of para-hydroxylation sites is 2. The van der Waals surface area contributed by atoms with Crippen molar-refractivity contribution < 1.29 is 9.53 Å². The number of pyridine rings is 1. The summed E-state index contributed by atoms with van der Waals surface area (Å²) >= 11 is 0. The lowest BCUT2D eigenvalue weighted by atomic mass is 10.1. The molecule has 1 heterocycles. The summed E-state index contributed by atoms with van der Waals surface area (Å²) in [6, 6.07) is 16.8. The topological polar surface area (TPSA) is 51.5 Å². The van der Waals surface area contributed by atoms with E-state index in [0.717, 1.165) is 28.6 Å². The van der Waals surface area contributed by atoms with Crippen LogP contribution >= 0.6 is 0 Å². The van der Waals surface area contributed by atoms with Crippen LogP contribution in [0.3, 0.4) is 0 Å². The third-order valence-electron chi connectivity index (χ3n) is 4.76. The Bertz CT molecular complexity index is 1020. The van der Waals surface area contributed by atoms with Crippen LogP contribution in [-0.2, 0) is 17.8 Å². The van der Waals surface area contributed by atoms with Crippen LogP contribution in [0, 0.1) is 0 Å². The molecule has 0 aliphatic rings. The second-order valence-corrected chi connectivity index (χ2v) is 6.33. The number of carbonyl (C=O) groups is 1. The van der Waals surface area contributed by atoms with Gasteiger partial charge in [-0.15, -0.1) is 0 Å². The number of anilines is 1. The molecule has 0 unspecified atom stereocenters. The standard InChI is InChI=1S/C22H24N2O3/c1-4-16-10-6-8-12-18(16)23(3)22(26)15-27-20-14-21(25)24(5-2)19-13-9-7-11-17(19)20/h6-14H,4-5,15H2,1-3H3. The normalized spacial score (nSPS) is 10.8.